The van der Waals surface area contributed by atoms with Gasteiger partial charge in [-0.25, -0.2) is 9.37 Å². The number of carbonyl (C=O) groups is 2. The second-order valence-corrected chi connectivity index (χ2v) is 9.11. The van der Waals surface area contributed by atoms with Crippen LogP contribution in [0.15, 0.2) is 53.9 Å². The number of carbonyl (C=O) groups excluding carboxylic acids is 2. The summed E-state index contributed by atoms with van der Waals surface area (Å²) in [4.78, 5) is 31.6. The van der Waals surface area contributed by atoms with E-state index in [0.717, 1.165) is 11.3 Å². The molecule has 3 heterocycles. The van der Waals surface area contributed by atoms with E-state index in [1.54, 1.807) is 0 Å². The van der Waals surface area contributed by atoms with Crippen molar-refractivity contribution in [2.75, 3.05) is 25.0 Å². The van der Waals surface area contributed by atoms with Gasteiger partial charge in [0, 0.05) is 36.9 Å². The van der Waals surface area contributed by atoms with Gasteiger partial charge >= 0.3 is 0 Å². The molecule has 0 unspecified atom stereocenters. The van der Waals surface area contributed by atoms with Crippen LogP contribution in [0.5, 0.6) is 5.75 Å². The smallest absolute Gasteiger partial charge is 0.240 e. The Labute approximate surface area is 189 Å². The standard InChI is InChI=1S/C24H22FN3O3S/c25-17-6-7-21-18(12-17)20(29)13-24(31-21)8-10-28(11-9-24)14-22(30)27-23-26-19(15-32-23)16-4-2-1-3-5-16/h1-7,12,15H,8-11,13-14H2,(H,26,27,30). The van der Waals surface area contributed by atoms with Crippen molar-refractivity contribution in [3.8, 4) is 17.0 Å². The van der Waals surface area contributed by atoms with E-state index >= 15 is 0 Å². The second kappa shape index (κ2) is 8.44. The molecule has 1 aromatic heterocycles. The monoisotopic (exact) mass is 451 g/mol. The third-order valence-electron chi connectivity index (χ3n) is 6.01. The summed E-state index contributed by atoms with van der Waals surface area (Å²) < 4.78 is 19.6. The molecule has 2 aliphatic rings. The van der Waals surface area contributed by atoms with E-state index in [9.17, 15) is 14.0 Å². The van der Waals surface area contributed by atoms with Crippen LogP contribution in [0.4, 0.5) is 9.52 Å². The number of fused-ring (bicyclic) bond motifs is 1. The van der Waals surface area contributed by atoms with E-state index in [2.05, 4.69) is 15.2 Å². The molecular formula is C24H22FN3O3S. The van der Waals surface area contributed by atoms with Crippen molar-refractivity contribution in [3.63, 3.8) is 0 Å². The van der Waals surface area contributed by atoms with Crippen LogP contribution in [-0.4, -0.2) is 46.8 Å². The first kappa shape index (κ1) is 20.8. The van der Waals surface area contributed by atoms with E-state index < -0.39 is 11.4 Å². The third-order valence-corrected chi connectivity index (χ3v) is 6.76. The van der Waals surface area contributed by atoms with E-state index in [0.29, 0.717) is 42.4 Å². The Morgan fingerprint density at radius 1 is 1.19 bits per heavy atom. The normalized spacial score (nSPS) is 17.6. The van der Waals surface area contributed by atoms with Crippen molar-refractivity contribution >= 4 is 28.2 Å². The Bertz CT molecular complexity index is 1160. The molecule has 164 valence electrons. The molecule has 6 nitrogen and oxygen atoms in total. The largest absolute Gasteiger partial charge is 0.486 e. The fraction of sp³-hybridized carbons (Fsp3) is 0.292. The van der Waals surface area contributed by atoms with Gasteiger partial charge in [0.1, 0.15) is 17.2 Å². The minimum atomic E-state index is -0.575. The van der Waals surface area contributed by atoms with Crippen LogP contribution in [0.25, 0.3) is 11.3 Å². The number of rotatable bonds is 4. The lowest BCUT2D eigenvalue weighted by Gasteiger charge is -2.43. The fourth-order valence-electron chi connectivity index (χ4n) is 4.30. The number of nitrogens with one attached hydrogen (secondary N) is 1. The number of ether oxygens (including phenoxy) is 1. The van der Waals surface area contributed by atoms with Crippen LogP contribution in [0, 0.1) is 5.82 Å². The van der Waals surface area contributed by atoms with E-state index in [1.807, 2.05) is 35.7 Å². The summed E-state index contributed by atoms with van der Waals surface area (Å²) >= 11 is 1.40. The summed E-state index contributed by atoms with van der Waals surface area (Å²) in [7, 11) is 0. The number of amides is 1. The first-order valence-corrected chi connectivity index (χ1v) is 11.4. The molecule has 32 heavy (non-hydrogen) atoms. The third kappa shape index (κ3) is 4.28. The van der Waals surface area contributed by atoms with Gasteiger partial charge in [-0.2, -0.15) is 0 Å². The quantitative estimate of drug-likeness (QED) is 0.637. The summed E-state index contributed by atoms with van der Waals surface area (Å²) in [6.45, 7) is 1.54. The minimum Gasteiger partial charge on any atom is -0.486 e. The molecule has 1 saturated heterocycles. The van der Waals surface area contributed by atoms with Gasteiger partial charge in [-0.3, -0.25) is 14.5 Å². The molecule has 8 heteroatoms. The number of halogens is 1. The van der Waals surface area contributed by atoms with E-state index in [-0.39, 0.29) is 24.7 Å². The number of anilines is 1. The number of benzene rings is 2. The van der Waals surface area contributed by atoms with Gasteiger partial charge in [-0.1, -0.05) is 30.3 Å². The first-order chi connectivity index (χ1) is 15.5. The second-order valence-electron chi connectivity index (χ2n) is 8.25. The molecule has 2 aliphatic heterocycles. The Hall–Kier alpha value is -3.10. The Balaban J connectivity index is 1.16. The number of thiazole rings is 1. The molecule has 0 saturated carbocycles. The minimum absolute atomic E-state index is 0.0880. The zero-order valence-electron chi connectivity index (χ0n) is 17.3. The number of ketones is 1. The number of nitrogens with zero attached hydrogens (tertiary/aromatic N) is 2. The van der Waals surface area contributed by atoms with Gasteiger partial charge in [0.15, 0.2) is 10.9 Å². The van der Waals surface area contributed by atoms with Crippen LogP contribution in [-0.2, 0) is 4.79 Å². The molecule has 5 rings (SSSR count). The highest BCUT2D eigenvalue weighted by molar-refractivity contribution is 7.14. The number of aromatic nitrogens is 1. The highest BCUT2D eigenvalue weighted by atomic mass is 32.1. The first-order valence-electron chi connectivity index (χ1n) is 10.5. The molecule has 0 radical (unpaired) electrons. The van der Waals surface area contributed by atoms with Crippen LogP contribution < -0.4 is 10.1 Å². The Morgan fingerprint density at radius 3 is 2.75 bits per heavy atom. The van der Waals surface area contributed by atoms with Gasteiger partial charge in [0.2, 0.25) is 5.91 Å². The predicted molar refractivity (Wildman–Crippen MR) is 121 cm³/mol. The van der Waals surface area contributed by atoms with Gasteiger partial charge in [-0.05, 0) is 18.2 Å². The summed E-state index contributed by atoms with van der Waals surface area (Å²) in [6, 6.07) is 13.9. The SMILES string of the molecule is O=C(CN1CCC2(CC1)CC(=O)c1cc(F)ccc1O2)Nc1nc(-c2ccccc2)cs1. The zero-order chi connectivity index (χ0) is 22.1. The molecule has 3 aromatic rings. The number of Topliss-reactive ketones (excluding diaryl/α,β-unsaturated/α-hetero) is 1. The Kier molecular flexibility index (Phi) is 5.48. The van der Waals surface area contributed by atoms with Crippen molar-refractivity contribution in [1.29, 1.82) is 0 Å². The fourth-order valence-corrected chi connectivity index (χ4v) is 5.03. The predicted octanol–water partition coefficient (Wildman–Crippen LogP) is 4.39. The topological polar surface area (TPSA) is 71.5 Å². The summed E-state index contributed by atoms with van der Waals surface area (Å²) in [5, 5.41) is 5.39. The highest BCUT2D eigenvalue weighted by Gasteiger charge is 2.43. The lowest BCUT2D eigenvalue weighted by Crippen LogP contribution is -2.52. The lowest BCUT2D eigenvalue weighted by atomic mass is 9.82. The maximum Gasteiger partial charge on any atom is 0.240 e. The molecule has 1 N–H and O–H groups in total. The molecule has 2 aromatic carbocycles. The highest BCUT2D eigenvalue weighted by Crippen LogP contribution is 2.39. The van der Waals surface area contributed by atoms with Crippen molar-refractivity contribution in [2.24, 2.45) is 0 Å². The average Bonchev–Trinajstić information content (AvgIpc) is 3.25. The number of hydrogen-bond acceptors (Lipinski definition) is 6. The average molecular weight is 452 g/mol. The van der Waals surface area contributed by atoms with Crippen molar-refractivity contribution in [3.05, 3.63) is 65.3 Å². The summed E-state index contributed by atoms with van der Waals surface area (Å²) in [5.74, 6) is -0.188. The van der Waals surface area contributed by atoms with Crippen molar-refractivity contribution in [2.45, 2.75) is 24.9 Å². The van der Waals surface area contributed by atoms with Crippen LogP contribution >= 0.6 is 11.3 Å². The molecule has 0 bridgehead atoms. The van der Waals surface area contributed by atoms with Gasteiger partial charge in [-0.15, -0.1) is 11.3 Å². The Morgan fingerprint density at radius 2 is 1.97 bits per heavy atom. The lowest BCUT2D eigenvalue weighted by molar-refractivity contribution is -0.118. The maximum atomic E-state index is 13.5. The number of likely N-dealkylation sites (tertiary alicyclic amines) is 1. The number of hydrogen-bond donors (Lipinski definition) is 1. The summed E-state index contributed by atoms with van der Waals surface area (Å²) in [5.41, 5.74) is 1.59. The van der Waals surface area contributed by atoms with E-state index in [1.165, 1.54) is 29.5 Å². The maximum absolute atomic E-state index is 13.5. The van der Waals surface area contributed by atoms with Gasteiger partial charge < -0.3 is 10.1 Å². The summed E-state index contributed by atoms with van der Waals surface area (Å²) in [6.07, 6.45) is 1.52. The zero-order valence-corrected chi connectivity index (χ0v) is 18.2. The van der Waals surface area contributed by atoms with Crippen LogP contribution in [0.3, 0.4) is 0 Å². The number of piperidine rings is 1. The molecule has 1 spiro atoms. The van der Waals surface area contributed by atoms with Crippen LogP contribution in [0.1, 0.15) is 29.6 Å². The van der Waals surface area contributed by atoms with Crippen molar-refractivity contribution in [1.82, 2.24) is 9.88 Å². The van der Waals surface area contributed by atoms with E-state index in [4.69, 9.17) is 4.74 Å². The van der Waals surface area contributed by atoms with Crippen molar-refractivity contribution < 1.29 is 18.7 Å². The molecule has 1 fully saturated rings. The van der Waals surface area contributed by atoms with Gasteiger partial charge in [0.05, 0.1) is 24.2 Å². The molecule has 1 amide bonds. The molecule has 0 atom stereocenters. The molecule has 0 aliphatic carbocycles. The van der Waals surface area contributed by atoms with Crippen LogP contribution in [0.2, 0.25) is 0 Å². The van der Waals surface area contributed by atoms with Gasteiger partial charge in [0.25, 0.3) is 0 Å². The molecular weight excluding hydrogens is 429 g/mol.